The molecule has 0 spiro atoms. The Hall–Kier alpha value is -0.100. The Bertz CT molecular complexity index is 165. The summed E-state index contributed by atoms with van der Waals surface area (Å²) in [6.45, 7) is 2.33. The third-order valence-electron chi connectivity index (χ3n) is 0.676. The van der Waals surface area contributed by atoms with E-state index in [-0.39, 0.29) is 0 Å². The second-order valence-corrected chi connectivity index (χ2v) is 3.91. The number of hydrogen-bond acceptors (Lipinski definition) is 2. The number of nitrogens with zero attached hydrogens (tertiary/aromatic N) is 1. The van der Waals surface area contributed by atoms with E-state index in [1.807, 2.05) is 6.92 Å². The summed E-state index contributed by atoms with van der Waals surface area (Å²) in [7, 11) is 0. The summed E-state index contributed by atoms with van der Waals surface area (Å²) in [6.07, 6.45) is -0.835. The van der Waals surface area contributed by atoms with Crippen molar-refractivity contribution in [1.82, 2.24) is 0 Å². The maximum absolute atomic E-state index is 10.2. The average molecular weight is 275 g/mol. The van der Waals surface area contributed by atoms with Crippen LogP contribution in [0.5, 0.6) is 0 Å². The zero-order chi connectivity index (χ0) is 8.15. The van der Waals surface area contributed by atoms with Crippen LogP contribution in [0.4, 0.5) is 4.79 Å². The van der Waals surface area contributed by atoms with Gasteiger partial charge in [-0.1, -0.05) is 0 Å². The van der Waals surface area contributed by atoms with Gasteiger partial charge in [0.05, 0.1) is 0 Å². The Morgan fingerprint density at radius 3 is 2.30 bits per heavy atom. The molecule has 0 bridgehead atoms. The lowest BCUT2D eigenvalue weighted by Crippen LogP contribution is -2.24. The summed E-state index contributed by atoms with van der Waals surface area (Å²) in [6, 6.07) is 0. The molecule has 10 heavy (non-hydrogen) atoms. The van der Waals surface area contributed by atoms with E-state index in [2.05, 4.69) is 36.7 Å². The molecule has 2 N–H and O–H groups in total. The van der Waals surface area contributed by atoms with Gasteiger partial charge < -0.3 is 5.73 Å². The van der Waals surface area contributed by atoms with Gasteiger partial charge in [-0.15, -0.1) is 0 Å². The lowest BCUT2D eigenvalue weighted by atomic mass is 10.8. The Balaban J connectivity index is 4.11. The highest BCUT2D eigenvalue weighted by molar-refractivity contribution is 9.39. The molecule has 6 heteroatoms. The molecule has 0 unspecified atom stereocenters. The molecule has 0 saturated heterocycles. The van der Waals surface area contributed by atoms with Crippen LogP contribution in [0, 0.1) is 0 Å². The fourth-order valence-electron chi connectivity index (χ4n) is 0.327. The van der Waals surface area contributed by atoms with E-state index in [9.17, 15) is 4.79 Å². The molecule has 0 atom stereocenters. The van der Waals surface area contributed by atoms with E-state index in [1.54, 1.807) is 0 Å². The lowest BCUT2D eigenvalue weighted by Gasteiger charge is -1.93. The summed E-state index contributed by atoms with van der Waals surface area (Å²) < 4.78 is 1.80. The molecular weight excluding hydrogens is 268 g/mol. The van der Waals surface area contributed by atoms with Crippen molar-refractivity contribution in [3.63, 3.8) is 0 Å². The minimum atomic E-state index is -0.835. The molecular formula is C4H7Br2N2O2+. The number of halogens is 2. The molecule has 0 aliphatic heterocycles. The van der Waals surface area contributed by atoms with Gasteiger partial charge in [-0.05, 0) is 6.92 Å². The maximum atomic E-state index is 10.2. The third-order valence-corrected chi connectivity index (χ3v) is 1.47. The summed E-state index contributed by atoms with van der Waals surface area (Å²) in [4.78, 5) is 14.7. The quantitative estimate of drug-likeness (QED) is 0.356. The van der Waals surface area contributed by atoms with Crippen LogP contribution in [0.2, 0.25) is 0 Å². The number of nitrogens with two attached hydrogens (primary N) is 1. The summed E-state index contributed by atoms with van der Waals surface area (Å²) in [5.41, 5.74) is 4.75. The highest BCUT2D eigenvalue weighted by atomic mass is 79.9. The van der Waals surface area contributed by atoms with Crippen LogP contribution in [0.3, 0.4) is 0 Å². The second kappa shape index (κ2) is 4.68. The van der Waals surface area contributed by atoms with Gasteiger partial charge in [-0.3, -0.25) is 0 Å². The first kappa shape index (κ1) is 9.90. The molecule has 0 heterocycles. The number of rotatable bonds is 2. The first-order valence-electron chi connectivity index (χ1n) is 2.50. The van der Waals surface area contributed by atoms with Gasteiger partial charge in [0.2, 0.25) is 0 Å². The zero-order valence-electron chi connectivity index (χ0n) is 5.30. The van der Waals surface area contributed by atoms with E-state index < -0.39 is 6.09 Å². The minimum Gasteiger partial charge on any atom is -0.330 e. The molecule has 4 nitrogen and oxygen atoms in total. The predicted molar refractivity (Wildman–Crippen MR) is 44.3 cm³/mol. The van der Waals surface area contributed by atoms with Crippen molar-refractivity contribution in [3.8, 4) is 0 Å². The van der Waals surface area contributed by atoms with Crippen LogP contribution in [0.15, 0.2) is 0 Å². The Morgan fingerprint density at radius 1 is 1.70 bits per heavy atom. The lowest BCUT2D eigenvalue weighted by molar-refractivity contribution is -0.752. The van der Waals surface area contributed by atoms with Crippen molar-refractivity contribution in [1.29, 1.82) is 0 Å². The molecule has 0 aliphatic carbocycles. The standard InChI is InChI=1S/C4H6Br2N2O2/c1-2-8(3(5)6)10-4(7)9/h2H2,1H3,(H-,7,9)/p+1. The van der Waals surface area contributed by atoms with Crippen molar-refractivity contribution in [3.05, 3.63) is 0 Å². The summed E-state index contributed by atoms with van der Waals surface area (Å²) in [5.74, 6) is 0. The number of amides is 1. The summed E-state index contributed by atoms with van der Waals surface area (Å²) in [5, 5.41) is 0. The van der Waals surface area contributed by atoms with Crippen LogP contribution in [-0.2, 0) is 4.84 Å². The largest absolute Gasteiger partial charge is 0.472 e. The number of carbonyl (C=O) groups excluding carboxylic acids is 1. The Labute approximate surface area is 75.2 Å². The maximum Gasteiger partial charge on any atom is 0.472 e. The topological polar surface area (TPSA) is 55.3 Å². The Kier molecular flexibility index (Phi) is 4.63. The molecule has 58 valence electrons. The van der Waals surface area contributed by atoms with Crippen molar-refractivity contribution < 1.29 is 14.4 Å². The molecule has 0 radical (unpaired) electrons. The first-order chi connectivity index (χ1) is 4.57. The van der Waals surface area contributed by atoms with E-state index in [0.717, 1.165) is 0 Å². The van der Waals surface area contributed by atoms with Gasteiger partial charge in [-0.2, -0.15) is 4.84 Å². The SMILES string of the molecule is CC[N+](OC(N)=O)=C(Br)Br. The first-order valence-corrected chi connectivity index (χ1v) is 4.09. The summed E-state index contributed by atoms with van der Waals surface area (Å²) >= 11 is 6.11. The number of hydroxylamine groups is 1. The molecule has 1 amide bonds. The second-order valence-electron chi connectivity index (χ2n) is 1.35. The normalized spacial score (nSPS) is 8.70. The van der Waals surface area contributed by atoms with E-state index in [4.69, 9.17) is 5.73 Å². The van der Waals surface area contributed by atoms with Gasteiger partial charge in [0.1, 0.15) is 0 Å². The van der Waals surface area contributed by atoms with Crippen molar-refractivity contribution >= 4 is 41.5 Å². The van der Waals surface area contributed by atoms with Crippen molar-refractivity contribution in [2.24, 2.45) is 5.73 Å². The highest BCUT2D eigenvalue weighted by Gasteiger charge is 2.11. The van der Waals surface area contributed by atoms with Crippen molar-refractivity contribution in [2.75, 3.05) is 6.54 Å². The van der Waals surface area contributed by atoms with Crippen LogP contribution in [0.1, 0.15) is 6.92 Å². The Morgan fingerprint density at radius 2 is 2.20 bits per heavy atom. The molecule has 0 aromatic rings. The molecule has 0 saturated carbocycles. The smallest absolute Gasteiger partial charge is 0.330 e. The molecule has 0 aromatic carbocycles. The van der Waals surface area contributed by atoms with Gasteiger partial charge in [0.25, 0.3) is 0 Å². The zero-order valence-corrected chi connectivity index (χ0v) is 8.48. The highest BCUT2D eigenvalue weighted by Crippen LogP contribution is 1.99. The van der Waals surface area contributed by atoms with Crippen LogP contribution in [-0.4, -0.2) is 20.9 Å². The molecule has 0 rings (SSSR count). The van der Waals surface area contributed by atoms with Crippen molar-refractivity contribution in [2.45, 2.75) is 6.92 Å². The number of primary amides is 1. The van der Waals surface area contributed by atoms with Gasteiger partial charge in [0, 0.05) is 36.6 Å². The molecule has 0 aliphatic rings. The fraction of sp³-hybridized carbons (Fsp3) is 0.500. The van der Waals surface area contributed by atoms with Crippen LogP contribution >= 0.6 is 31.9 Å². The monoisotopic (exact) mass is 273 g/mol. The number of hydrogen-bond donors (Lipinski definition) is 1. The van der Waals surface area contributed by atoms with Crippen LogP contribution in [0.25, 0.3) is 0 Å². The van der Waals surface area contributed by atoms with E-state index in [1.165, 1.54) is 4.74 Å². The number of carbonyl (C=O) groups is 1. The molecule has 0 fully saturated rings. The average Bonchev–Trinajstić information content (AvgIpc) is 1.81. The van der Waals surface area contributed by atoms with Gasteiger partial charge in [0.15, 0.2) is 6.54 Å². The van der Waals surface area contributed by atoms with Crippen LogP contribution < -0.4 is 5.73 Å². The van der Waals surface area contributed by atoms with E-state index in [0.29, 0.717) is 10.1 Å². The van der Waals surface area contributed by atoms with E-state index >= 15 is 0 Å². The van der Waals surface area contributed by atoms with Gasteiger partial charge >= 0.3 is 9.62 Å². The molecule has 0 aromatic heterocycles. The third kappa shape index (κ3) is 3.84. The van der Waals surface area contributed by atoms with Gasteiger partial charge in [-0.25, -0.2) is 4.79 Å². The minimum absolute atomic E-state index is 0.523. The fourth-order valence-corrected chi connectivity index (χ4v) is 0.973. The predicted octanol–water partition coefficient (Wildman–Crippen LogP) is 1.17.